The van der Waals surface area contributed by atoms with E-state index >= 15 is 0 Å². The quantitative estimate of drug-likeness (QED) is 0.908. The summed E-state index contributed by atoms with van der Waals surface area (Å²) in [6.07, 6.45) is 3.78. The third kappa shape index (κ3) is 2.26. The van der Waals surface area contributed by atoms with Crippen molar-refractivity contribution in [2.45, 2.75) is 25.3 Å². The monoisotopic (exact) mass is 319 g/mol. The van der Waals surface area contributed by atoms with Crippen LogP contribution in [-0.2, 0) is 0 Å². The van der Waals surface area contributed by atoms with Gasteiger partial charge in [-0.2, -0.15) is 0 Å². The first-order chi connectivity index (χ1) is 7.75. The van der Waals surface area contributed by atoms with Gasteiger partial charge in [0.05, 0.1) is 0 Å². The summed E-state index contributed by atoms with van der Waals surface area (Å²) < 4.78 is 11.7. The Morgan fingerprint density at radius 3 is 2.47 bits per heavy atom. The molecule has 1 saturated carbocycles. The third-order valence-corrected chi connectivity index (χ3v) is 4.20. The molecule has 1 aromatic carbocycles. The minimum absolute atomic E-state index is 0. The topological polar surface area (TPSA) is 44.5 Å². The predicted molar refractivity (Wildman–Crippen MR) is 71.8 cm³/mol. The van der Waals surface area contributed by atoms with Crippen molar-refractivity contribution in [3.63, 3.8) is 0 Å². The molecular formula is C12H15BrClNO2. The van der Waals surface area contributed by atoms with Gasteiger partial charge in [0, 0.05) is 10.5 Å². The lowest BCUT2D eigenvalue weighted by Gasteiger charge is -2.32. The zero-order valence-corrected chi connectivity index (χ0v) is 11.7. The van der Waals surface area contributed by atoms with Crippen LogP contribution in [0.4, 0.5) is 0 Å². The summed E-state index contributed by atoms with van der Waals surface area (Å²) in [6.45, 7) is 0.309. The molecule has 2 N–H and O–H groups in total. The Morgan fingerprint density at radius 1 is 1.24 bits per heavy atom. The number of benzene rings is 1. The molecule has 0 amide bonds. The van der Waals surface area contributed by atoms with Gasteiger partial charge in [0.1, 0.15) is 0 Å². The maximum atomic E-state index is 6.27. The third-order valence-electron chi connectivity index (χ3n) is 3.51. The van der Waals surface area contributed by atoms with E-state index in [2.05, 4.69) is 15.9 Å². The largest absolute Gasteiger partial charge is 0.454 e. The second-order valence-electron chi connectivity index (χ2n) is 4.44. The summed E-state index contributed by atoms with van der Waals surface area (Å²) in [6, 6.07) is 4.07. The predicted octanol–water partition coefficient (Wildman–Crippen LogP) is 3.40. The molecule has 2 aliphatic rings. The van der Waals surface area contributed by atoms with E-state index in [4.69, 9.17) is 15.2 Å². The Kier molecular flexibility index (Phi) is 3.85. The van der Waals surface area contributed by atoms with E-state index in [9.17, 15) is 0 Å². The molecule has 1 heterocycles. The van der Waals surface area contributed by atoms with Crippen LogP contribution >= 0.6 is 28.3 Å². The summed E-state index contributed by atoms with van der Waals surface area (Å²) in [4.78, 5) is 0. The molecule has 3 rings (SSSR count). The van der Waals surface area contributed by atoms with Crippen molar-refractivity contribution >= 4 is 28.3 Å². The van der Waals surface area contributed by atoms with Crippen molar-refractivity contribution in [3.05, 3.63) is 22.2 Å². The first-order valence-electron chi connectivity index (χ1n) is 5.60. The van der Waals surface area contributed by atoms with Crippen LogP contribution in [0.2, 0.25) is 0 Å². The lowest BCUT2D eigenvalue weighted by Crippen LogP contribution is -2.27. The normalized spacial score (nSPS) is 19.4. The van der Waals surface area contributed by atoms with Crippen molar-refractivity contribution < 1.29 is 9.47 Å². The van der Waals surface area contributed by atoms with Crippen molar-refractivity contribution in [2.75, 3.05) is 6.79 Å². The molecule has 0 bridgehead atoms. The van der Waals surface area contributed by atoms with Gasteiger partial charge in [-0.3, -0.25) is 0 Å². The molecule has 1 atom stereocenters. The van der Waals surface area contributed by atoms with Crippen LogP contribution in [-0.4, -0.2) is 6.79 Å². The van der Waals surface area contributed by atoms with Crippen molar-refractivity contribution in [3.8, 4) is 11.5 Å². The van der Waals surface area contributed by atoms with Gasteiger partial charge in [-0.15, -0.1) is 12.4 Å². The number of nitrogens with two attached hydrogens (primary N) is 1. The van der Waals surface area contributed by atoms with Crippen molar-refractivity contribution in [2.24, 2.45) is 11.7 Å². The maximum Gasteiger partial charge on any atom is 0.231 e. The van der Waals surface area contributed by atoms with Crippen molar-refractivity contribution in [1.29, 1.82) is 0 Å². The van der Waals surface area contributed by atoms with E-state index < -0.39 is 0 Å². The second kappa shape index (κ2) is 5.04. The lowest BCUT2D eigenvalue weighted by atomic mass is 9.77. The number of hydrogen-bond acceptors (Lipinski definition) is 3. The number of fused-ring (bicyclic) bond motifs is 1. The fourth-order valence-electron chi connectivity index (χ4n) is 2.24. The van der Waals surface area contributed by atoms with E-state index in [1.165, 1.54) is 19.3 Å². The summed E-state index contributed by atoms with van der Waals surface area (Å²) in [5.41, 5.74) is 7.40. The van der Waals surface area contributed by atoms with Crippen LogP contribution in [0, 0.1) is 5.92 Å². The summed E-state index contributed by atoms with van der Waals surface area (Å²) >= 11 is 3.56. The summed E-state index contributed by atoms with van der Waals surface area (Å²) in [7, 11) is 0. The fourth-order valence-corrected chi connectivity index (χ4v) is 2.83. The molecule has 5 heteroatoms. The maximum absolute atomic E-state index is 6.27. The molecule has 3 nitrogen and oxygen atoms in total. The highest BCUT2D eigenvalue weighted by Crippen LogP contribution is 2.43. The number of hydrogen-bond donors (Lipinski definition) is 1. The van der Waals surface area contributed by atoms with Crippen LogP contribution in [0.15, 0.2) is 16.6 Å². The Bertz CT molecular complexity index is 423. The minimum atomic E-state index is 0. The van der Waals surface area contributed by atoms with Crippen LogP contribution in [0.25, 0.3) is 0 Å². The highest BCUT2D eigenvalue weighted by atomic mass is 79.9. The molecule has 1 aliphatic carbocycles. The van der Waals surface area contributed by atoms with Gasteiger partial charge in [0.15, 0.2) is 11.5 Å². The molecule has 0 unspecified atom stereocenters. The van der Waals surface area contributed by atoms with Gasteiger partial charge in [0.25, 0.3) is 0 Å². The van der Waals surface area contributed by atoms with Crippen LogP contribution in [0.1, 0.15) is 30.9 Å². The highest BCUT2D eigenvalue weighted by Gasteiger charge is 2.28. The molecule has 94 valence electrons. The van der Waals surface area contributed by atoms with E-state index in [1.807, 2.05) is 12.1 Å². The first kappa shape index (κ1) is 13.0. The number of halogens is 2. The zero-order valence-electron chi connectivity index (χ0n) is 9.32. The van der Waals surface area contributed by atoms with Crippen molar-refractivity contribution in [1.82, 2.24) is 0 Å². The first-order valence-corrected chi connectivity index (χ1v) is 6.39. The Labute approximate surface area is 115 Å². The van der Waals surface area contributed by atoms with E-state index in [0.717, 1.165) is 21.5 Å². The highest BCUT2D eigenvalue weighted by molar-refractivity contribution is 9.10. The molecule has 1 fully saturated rings. The number of ether oxygens (including phenoxy) is 2. The Balaban J connectivity index is 0.00000108. The Morgan fingerprint density at radius 2 is 1.88 bits per heavy atom. The van der Waals surface area contributed by atoms with Crippen LogP contribution in [0.5, 0.6) is 11.5 Å². The summed E-state index contributed by atoms with van der Waals surface area (Å²) in [5.74, 6) is 2.24. The molecule has 1 aromatic rings. The molecular weight excluding hydrogens is 305 g/mol. The molecule has 0 aromatic heterocycles. The van der Waals surface area contributed by atoms with Gasteiger partial charge in [0.2, 0.25) is 6.79 Å². The van der Waals surface area contributed by atoms with E-state index in [0.29, 0.717) is 12.7 Å². The van der Waals surface area contributed by atoms with Gasteiger partial charge < -0.3 is 15.2 Å². The van der Waals surface area contributed by atoms with E-state index in [-0.39, 0.29) is 18.4 Å². The smallest absolute Gasteiger partial charge is 0.231 e. The lowest BCUT2D eigenvalue weighted by molar-refractivity contribution is 0.174. The molecule has 0 saturated heterocycles. The molecule has 17 heavy (non-hydrogen) atoms. The fraction of sp³-hybridized carbons (Fsp3) is 0.500. The van der Waals surface area contributed by atoms with Gasteiger partial charge in [-0.1, -0.05) is 22.4 Å². The average molecular weight is 321 g/mol. The zero-order chi connectivity index (χ0) is 11.1. The van der Waals surface area contributed by atoms with Gasteiger partial charge in [-0.05, 0) is 36.5 Å². The molecule has 0 radical (unpaired) electrons. The van der Waals surface area contributed by atoms with Crippen LogP contribution < -0.4 is 15.2 Å². The molecule has 0 spiro atoms. The Hall–Kier alpha value is -0.450. The SMILES string of the molecule is Cl.N[C@H](c1cc2c(cc1Br)OCO2)C1CCC1. The van der Waals surface area contributed by atoms with Gasteiger partial charge in [-0.25, -0.2) is 0 Å². The van der Waals surface area contributed by atoms with Gasteiger partial charge >= 0.3 is 0 Å². The summed E-state index contributed by atoms with van der Waals surface area (Å²) in [5, 5.41) is 0. The average Bonchev–Trinajstić information content (AvgIpc) is 2.60. The standard InChI is InChI=1S/C12H14BrNO2.ClH/c13-9-5-11-10(15-6-16-11)4-8(9)12(14)7-2-1-3-7;/h4-5,7,12H,1-3,6,14H2;1H/t12-;/m0./s1. The second-order valence-corrected chi connectivity index (χ2v) is 5.30. The van der Waals surface area contributed by atoms with E-state index in [1.54, 1.807) is 0 Å². The number of rotatable bonds is 2. The van der Waals surface area contributed by atoms with Crippen LogP contribution in [0.3, 0.4) is 0 Å². The molecule has 1 aliphatic heterocycles. The minimum Gasteiger partial charge on any atom is -0.454 e.